The first-order chi connectivity index (χ1) is 7.43. The number of hydrogen-bond donors (Lipinski definition) is 2. The zero-order valence-corrected chi connectivity index (χ0v) is 10.3. The van der Waals surface area contributed by atoms with E-state index in [1.54, 1.807) is 6.92 Å². The molecule has 1 saturated heterocycles. The summed E-state index contributed by atoms with van der Waals surface area (Å²) in [5.74, 6) is -0.304. The van der Waals surface area contributed by atoms with Crippen molar-refractivity contribution in [3.63, 3.8) is 0 Å². The van der Waals surface area contributed by atoms with Gasteiger partial charge in [-0.3, -0.25) is 4.79 Å². The summed E-state index contributed by atoms with van der Waals surface area (Å²) < 4.78 is 23.2. The van der Waals surface area contributed by atoms with Crippen LogP contribution in [0.4, 0.5) is 0 Å². The number of amides is 1. The van der Waals surface area contributed by atoms with E-state index in [2.05, 4.69) is 5.32 Å². The SMILES string of the molecule is CC(O)CCNC(=O)C1CCCCS1(=O)=O. The van der Waals surface area contributed by atoms with Gasteiger partial charge in [-0.25, -0.2) is 8.42 Å². The number of nitrogens with one attached hydrogen (secondary N) is 1. The van der Waals surface area contributed by atoms with Crippen LogP contribution in [-0.2, 0) is 14.6 Å². The number of aliphatic hydroxyl groups is 1. The summed E-state index contributed by atoms with van der Waals surface area (Å²) in [6.07, 6.45) is 1.82. The van der Waals surface area contributed by atoms with E-state index in [-0.39, 0.29) is 5.75 Å². The molecule has 1 amide bonds. The highest BCUT2D eigenvalue weighted by atomic mass is 32.2. The van der Waals surface area contributed by atoms with Crippen LogP contribution in [0.3, 0.4) is 0 Å². The normalized spacial score (nSPS) is 26.0. The molecule has 1 aliphatic rings. The Labute approximate surface area is 96.1 Å². The molecule has 0 aromatic carbocycles. The Morgan fingerprint density at radius 3 is 2.75 bits per heavy atom. The van der Waals surface area contributed by atoms with Crippen LogP contribution in [0.2, 0.25) is 0 Å². The largest absolute Gasteiger partial charge is 0.393 e. The number of rotatable bonds is 4. The molecule has 1 fully saturated rings. The molecule has 5 nitrogen and oxygen atoms in total. The lowest BCUT2D eigenvalue weighted by Gasteiger charge is -2.21. The lowest BCUT2D eigenvalue weighted by atomic mass is 10.2. The Hall–Kier alpha value is -0.620. The number of sulfone groups is 1. The molecule has 0 aromatic heterocycles. The summed E-state index contributed by atoms with van der Waals surface area (Å²) in [6, 6.07) is 0. The predicted molar refractivity (Wildman–Crippen MR) is 60.7 cm³/mol. The molecule has 16 heavy (non-hydrogen) atoms. The lowest BCUT2D eigenvalue weighted by molar-refractivity contribution is -0.120. The number of carbonyl (C=O) groups is 1. The third-order valence-corrected chi connectivity index (χ3v) is 4.91. The van der Waals surface area contributed by atoms with Gasteiger partial charge in [-0.05, 0) is 26.2 Å². The van der Waals surface area contributed by atoms with Crippen molar-refractivity contribution in [2.75, 3.05) is 12.3 Å². The maximum atomic E-state index is 11.6. The minimum absolute atomic E-state index is 0.113. The van der Waals surface area contributed by atoms with Gasteiger partial charge < -0.3 is 10.4 Å². The Kier molecular flexibility index (Phi) is 4.73. The van der Waals surface area contributed by atoms with Gasteiger partial charge >= 0.3 is 0 Å². The zero-order valence-electron chi connectivity index (χ0n) is 9.48. The molecule has 1 heterocycles. The second-order valence-corrected chi connectivity index (χ2v) is 6.58. The highest BCUT2D eigenvalue weighted by Crippen LogP contribution is 2.19. The van der Waals surface area contributed by atoms with Crippen LogP contribution in [0.25, 0.3) is 0 Å². The average molecular weight is 249 g/mol. The van der Waals surface area contributed by atoms with E-state index in [1.165, 1.54) is 0 Å². The van der Waals surface area contributed by atoms with Gasteiger partial charge in [0, 0.05) is 6.54 Å². The molecule has 0 bridgehead atoms. The van der Waals surface area contributed by atoms with Crippen molar-refractivity contribution in [1.82, 2.24) is 5.32 Å². The van der Waals surface area contributed by atoms with Crippen molar-refractivity contribution in [3.8, 4) is 0 Å². The molecular weight excluding hydrogens is 230 g/mol. The quantitative estimate of drug-likeness (QED) is 0.725. The fourth-order valence-corrected chi connectivity index (χ4v) is 3.59. The molecule has 1 rings (SSSR count). The van der Waals surface area contributed by atoms with E-state index in [9.17, 15) is 13.2 Å². The van der Waals surface area contributed by atoms with E-state index >= 15 is 0 Å². The van der Waals surface area contributed by atoms with Gasteiger partial charge in [0.05, 0.1) is 11.9 Å². The molecule has 6 heteroatoms. The number of hydrogen-bond acceptors (Lipinski definition) is 4. The molecule has 0 aliphatic carbocycles. The van der Waals surface area contributed by atoms with E-state index in [0.717, 1.165) is 6.42 Å². The van der Waals surface area contributed by atoms with Crippen LogP contribution in [0.5, 0.6) is 0 Å². The molecule has 0 saturated carbocycles. The van der Waals surface area contributed by atoms with Gasteiger partial charge in [-0.1, -0.05) is 6.42 Å². The Morgan fingerprint density at radius 2 is 2.19 bits per heavy atom. The molecule has 2 atom stereocenters. The zero-order chi connectivity index (χ0) is 12.2. The summed E-state index contributed by atoms with van der Waals surface area (Å²) in [7, 11) is -3.25. The van der Waals surface area contributed by atoms with E-state index in [4.69, 9.17) is 5.11 Å². The fraction of sp³-hybridized carbons (Fsp3) is 0.900. The van der Waals surface area contributed by atoms with Gasteiger partial charge in [0.2, 0.25) is 5.91 Å². The standard InChI is InChI=1S/C10H19NO4S/c1-8(12)5-6-11-10(13)9-4-2-3-7-16(9,14)15/h8-9,12H,2-7H2,1H3,(H,11,13). The fourth-order valence-electron chi connectivity index (χ4n) is 1.77. The third-order valence-electron chi connectivity index (χ3n) is 2.73. The second kappa shape index (κ2) is 5.63. The lowest BCUT2D eigenvalue weighted by Crippen LogP contribution is -2.43. The van der Waals surface area contributed by atoms with Gasteiger partial charge in [0.25, 0.3) is 0 Å². The van der Waals surface area contributed by atoms with Crippen LogP contribution in [0.1, 0.15) is 32.6 Å². The monoisotopic (exact) mass is 249 g/mol. The van der Waals surface area contributed by atoms with Gasteiger partial charge in [-0.15, -0.1) is 0 Å². The molecule has 94 valence electrons. The topological polar surface area (TPSA) is 83.5 Å². The van der Waals surface area contributed by atoms with Crippen molar-refractivity contribution in [2.45, 2.75) is 44.0 Å². The minimum atomic E-state index is -3.25. The highest BCUT2D eigenvalue weighted by molar-refractivity contribution is 7.92. The second-order valence-electron chi connectivity index (χ2n) is 4.28. The van der Waals surface area contributed by atoms with Crippen molar-refractivity contribution in [3.05, 3.63) is 0 Å². The minimum Gasteiger partial charge on any atom is -0.393 e. The van der Waals surface area contributed by atoms with Crippen molar-refractivity contribution >= 4 is 15.7 Å². The smallest absolute Gasteiger partial charge is 0.238 e. The molecule has 1 aliphatic heterocycles. The van der Waals surface area contributed by atoms with E-state index in [1.807, 2.05) is 0 Å². The maximum absolute atomic E-state index is 11.6. The average Bonchev–Trinajstić information content (AvgIpc) is 2.16. The van der Waals surface area contributed by atoms with Crippen molar-refractivity contribution < 1.29 is 18.3 Å². The summed E-state index contributed by atoms with van der Waals surface area (Å²) in [5.41, 5.74) is 0. The van der Waals surface area contributed by atoms with Crippen LogP contribution >= 0.6 is 0 Å². The van der Waals surface area contributed by atoms with Crippen LogP contribution in [0, 0.1) is 0 Å². The summed E-state index contributed by atoms with van der Waals surface area (Å²) >= 11 is 0. The van der Waals surface area contributed by atoms with Gasteiger partial charge in [0.15, 0.2) is 9.84 Å². The predicted octanol–water partition coefficient (Wildman–Crippen LogP) is -0.159. The van der Waals surface area contributed by atoms with E-state index < -0.39 is 27.1 Å². The Morgan fingerprint density at radius 1 is 1.50 bits per heavy atom. The van der Waals surface area contributed by atoms with Gasteiger partial charge in [-0.2, -0.15) is 0 Å². The van der Waals surface area contributed by atoms with Crippen molar-refractivity contribution in [1.29, 1.82) is 0 Å². The summed E-state index contributed by atoms with van der Waals surface area (Å²) in [5, 5.41) is 10.7. The first-order valence-corrected chi connectivity index (χ1v) is 7.32. The number of carbonyl (C=O) groups excluding carboxylic acids is 1. The molecule has 0 spiro atoms. The van der Waals surface area contributed by atoms with Crippen LogP contribution < -0.4 is 5.32 Å². The Bertz CT molecular complexity index is 337. The first-order valence-electron chi connectivity index (χ1n) is 5.61. The number of aliphatic hydroxyl groups excluding tert-OH is 1. The molecule has 2 unspecified atom stereocenters. The first kappa shape index (κ1) is 13.4. The van der Waals surface area contributed by atoms with Gasteiger partial charge in [0.1, 0.15) is 5.25 Å². The van der Waals surface area contributed by atoms with Crippen LogP contribution in [-0.4, -0.2) is 43.1 Å². The van der Waals surface area contributed by atoms with Crippen molar-refractivity contribution in [2.24, 2.45) is 0 Å². The van der Waals surface area contributed by atoms with Crippen LogP contribution in [0.15, 0.2) is 0 Å². The highest BCUT2D eigenvalue weighted by Gasteiger charge is 2.34. The summed E-state index contributed by atoms with van der Waals surface area (Å²) in [6.45, 7) is 1.95. The third kappa shape index (κ3) is 3.75. The van der Waals surface area contributed by atoms with E-state index in [0.29, 0.717) is 25.8 Å². The molecule has 2 N–H and O–H groups in total. The molecule has 0 aromatic rings. The summed E-state index contributed by atoms with van der Waals surface area (Å²) in [4.78, 5) is 11.6. The Balaban J connectivity index is 2.46. The molecular formula is C10H19NO4S. The maximum Gasteiger partial charge on any atom is 0.238 e. The molecule has 0 radical (unpaired) electrons.